The third kappa shape index (κ3) is 5.24. The molecule has 188 valence electrons. The van der Waals surface area contributed by atoms with Gasteiger partial charge in [-0.2, -0.15) is 0 Å². The summed E-state index contributed by atoms with van der Waals surface area (Å²) < 4.78 is 0. The van der Waals surface area contributed by atoms with E-state index in [1.54, 1.807) is 18.6 Å². The average Bonchev–Trinajstić information content (AvgIpc) is 2.99. The molecule has 0 fully saturated rings. The zero-order valence-corrected chi connectivity index (χ0v) is 20.9. The van der Waals surface area contributed by atoms with Crippen molar-refractivity contribution in [1.82, 2.24) is 15.0 Å². The largest absolute Gasteiger partial charge is 0.321 e. The Labute approximate surface area is 225 Å². The molecule has 7 nitrogen and oxygen atoms in total. The van der Waals surface area contributed by atoms with Gasteiger partial charge >= 0.3 is 0 Å². The van der Waals surface area contributed by atoms with Crippen molar-refractivity contribution in [2.75, 3.05) is 5.32 Å². The molecule has 3 aromatic carbocycles. The molecule has 1 amide bonds. The highest BCUT2D eigenvalue weighted by Gasteiger charge is 2.25. The maximum Gasteiger partial charge on any atom is 0.275 e. The first-order valence-electron chi connectivity index (χ1n) is 12.5. The summed E-state index contributed by atoms with van der Waals surface area (Å²) in [7, 11) is 0. The van der Waals surface area contributed by atoms with Gasteiger partial charge in [0.05, 0.1) is 28.9 Å². The summed E-state index contributed by atoms with van der Waals surface area (Å²) in [5.74, 6) is -0.767. The van der Waals surface area contributed by atoms with Crippen molar-refractivity contribution in [3.63, 3.8) is 0 Å². The van der Waals surface area contributed by atoms with E-state index in [1.165, 1.54) is 6.20 Å². The van der Waals surface area contributed by atoms with Crippen LogP contribution in [0, 0.1) is 0 Å². The molecule has 2 aromatic heterocycles. The lowest BCUT2D eigenvalue weighted by atomic mass is 9.87. The van der Waals surface area contributed by atoms with E-state index in [4.69, 9.17) is 0 Å². The van der Waals surface area contributed by atoms with Crippen molar-refractivity contribution in [2.45, 2.75) is 12.3 Å². The number of benzene rings is 3. The number of carbonyl (C=O) groups is 2. The van der Waals surface area contributed by atoms with Crippen LogP contribution in [0.4, 0.5) is 5.69 Å². The van der Waals surface area contributed by atoms with Gasteiger partial charge in [-0.05, 0) is 52.6 Å². The number of pyridine rings is 1. The topological polar surface area (TPSA) is 97.2 Å². The standard InChI is InChI=1S/C32H23N5O2/c38-31-26(13-15-34-29(31)16-21-6-5-14-33-19-21)24-9-3-7-22(17-24)23-8-4-10-25(18-23)36-32(39)30-20-35-27-11-1-2-12-28(27)37-30/h1-15,17-20,26H,16H2,(H,36,39). The Bertz CT molecular complexity index is 1760. The van der Waals surface area contributed by atoms with Crippen LogP contribution >= 0.6 is 0 Å². The first-order valence-corrected chi connectivity index (χ1v) is 12.5. The first-order chi connectivity index (χ1) is 19.1. The van der Waals surface area contributed by atoms with Crippen LogP contribution in [0.2, 0.25) is 0 Å². The summed E-state index contributed by atoms with van der Waals surface area (Å²) in [4.78, 5) is 43.4. The Hall–Kier alpha value is -5.30. The molecule has 1 aliphatic rings. The second-order valence-corrected chi connectivity index (χ2v) is 9.20. The lowest BCUT2D eigenvalue weighted by Crippen LogP contribution is -2.25. The van der Waals surface area contributed by atoms with E-state index in [0.717, 1.165) is 27.8 Å². The van der Waals surface area contributed by atoms with Crippen LogP contribution in [0.3, 0.4) is 0 Å². The number of allylic oxidation sites excluding steroid dienone is 1. The maximum absolute atomic E-state index is 13.3. The van der Waals surface area contributed by atoms with Gasteiger partial charge in [0.15, 0.2) is 5.78 Å². The quantitative estimate of drug-likeness (QED) is 0.312. The molecule has 39 heavy (non-hydrogen) atoms. The van der Waals surface area contributed by atoms with E-state index in [0.29, 0.717) is 23.3 Å². The van der Waals surface area contributed by atoms with E-state index in [2.05, 4.69) is 25.3 Å². The van der Waals surface area contributed by atoms with E-state index >= 15 is 0 Å². The molecule has 1 atom stereocenters. The van der Waals surface area contributed by atoms with Gasteiger partial charge in [0.25, 0.3) is 5.91 Å². The predicted octanol–water partition coefficient (Wildman–Crippen LogP) is 5.81. The average molecular weight is 510 g/mol. The fraction of sp³-hybridized carbons (Fsp3) is 0.0625. The number of ketones is 1. The second-order valence-electron chi connectivity index (χ2n) is 9.20. The number of anilines is 1. The van der Waals surface area contributed by atoms with Crippen LogP contribution in [0.25, 0.3) is 22.2 Å². The van der Waals surface area contributed by atoms with Gasteiger partial charge in [0.1, 0.15) is 5.69 Å². The van der Waals surface area contributed by atoms with Crippen molar-refractivity contribution in [2.24, 2.45) is 4.99 Å². The van der Waals surface area contributed by atoms with Crippen molar-refractivity contribution >= 4 is 34.1 Å². The molecule has 0 saturated carbocycles. The lowest BCUT2D eigenvalue weighted by Gasteiger charge is -2.18. The monoisotopic (exact) mass is 509 g/mol. The van der Waals surface area contributed by atoms with Crippen LogP contribution in [0.5, 0.6) is 0 Å². The van der Waals surface area contributed by atoms with E-state index < -0.39 is 5.92 Å². The van der Waals surface area contributed by atoms with Gasteiger partial charge in [0, 0.05) is 30.7 Å². The Balaban J connectivity index is 1.21. The minimum atomic E-state index is -0.413. The number of para-hydroxylation sites is 2. The minimum Gasteiger partial charge on any atom is -0.321 e. The highest BCUT2D eigenvalue weighted by molar-refractivity contribution is 6.43. The molecule has 3 heterocycles. The molecule has 0 bridgehead atoms. The molecule has 7 heteroatoms. The molecule has 1 unspecified atom stereocenters. The van der Waals surface area contributed by atoms with E-state index in [1.807, 2.05) is 91.0 Å². The fourth-order valence-electron chi connectivity index (χ4n) is 4.59. The number of Topliss-reactive ketones (excluding diaryl/α,β-unsaturated/α-hetero) is 1. The summed E-state index contributed by atoms with van der Waals surface area (Å²) in [5.41, 5.74) is 6.47. The number of aliphatic imine (C=N–C) groups is 1. The zero-order chi connectivity index (χ0) is 26.6. The van der Waals surface area contributed by atoms with Gasteiger partial charge in [-0.1, -0.05) is 60.7 Å². The number of carbonyl (C=O) groups excluding carboxylic acids is 2. The third-order valence-corrected chi connectivity index (χ3v) is 6.55. The Morgan fingerprint density at radius 1 is 0.846 bits per heavy atom. The minimum absolute atomic E-state index is 0.0176. The number of fused-ring (bicyclic) bond motifs is 1. The van der Waals surface area contributed by atoms with Gasteiger partial charge in [-0.3, -0.25) is 24.5 Å². The molecule has 6 rings (SSSR count). The van der Waals surface area contributed by atoms with Crippen molar-refractivity contribution in [1.29, 1.82) is 0 Å². The molecule has 1 N–H and O–H groups in total. The molecule has 1 aliphatic heterocycles. The highest BCUT2D eigenvalue weighted by atomic mass is 16.2. The van der Waals surface area contributed by atoms with Crippen LogP contribution in [-0.2, 0) is 11.2 Å². The van der Waals surface area contributed by atoms with E-state index in [9.17, 15) is 9.59 Å². The van der Waals surface area contributed by atoms with Crippen LogP contribution in [0.15, 0.2) is 121 Å². The molecule has 0 saturated heterocycles. The molecular formula is C32H23N5O2. The predicted molar refractivity (Wildman–Crippen MR) is 152 cm³/mol. The normalized spacial score (nSPS) is 14.7. The number of nitrogens with one attached hydrogen (secondary N) is 1. The molecule has 0 radical (unpaired) electrons. The Kier molecular flexibility index (Phi) is 6.53. The third-order valence-electron chi connectivity index (χ3n) is 6.55. The number of amides is 1. The lowest BCUT2D eigenvalue weighted by molar-refractivity contribution is -0.113. The smallest absolute Gasteiger partial charge is 0.275 e. The summed E-state index contributed by atoms with van der Waals surface area (Å²) in [6.45, 7) is 0. The second kappa shape index (κ2) is 10.6. The molecule has 5 aromatic rings. The SMILES string of the molecule is O=C(Nc1cccc(-c2cccc(C3C=CN=C(Cc4cccnc4)C3=O)c2)c1)c1cnc2ccccc2n1. The summed E-state index contributed by atoms with van der Waals surface area (Å²) in [6, 6.07) is 26.7. The number of nitrogens with zero attached hydrogens (tertiary/aromatic N) is 4. The number of hydrogen-bond acceptors (Lipinski definition) is 6. The Morgan fingerprint density at radius 2 is 1.67 bits per heavy atom. The van der Waals surface area contributed by atoms with Gasteiger partial charge in [-0.25, -0.2) is 4.98 Å². The number of rotatable bonds is 6. The molecule has 0 aliphatic carbocycles. The first kappa shape index (κ1) is 24.1. The number of aromatic nitrogens is 3. The van der Waals surface area contributed by atoms with Crippen LogP contribution in [-0.4, -0.2) is 32.4 Å². The molecule has 0 spiro atoms. The van der Waals surface area contributed by atoms with Crippen molar-refractivity contribution in [3.05, 3.63) is 133 Å². The van der Waals surface area contributed by atoms with Crippen LogP contribution < -0.4 is 5.32 Å². The number of hydrogen-bond donors (Lipinski definition) is 1. The summed E-state index contributed by atoms with van der Waals surface area (Å²) in [6.07, 6.45) is 8.91. The van der Waals surface area contributed by atoms with E-state index in [-0.39, 0.29) is 17.4 Å². The van der Waals surface area contributed by atoms with Gasteiger partial charge in [0.2, 0.25) is 0 Å². The van der Waals surface area contributed by atoms with Crippen molar-refractivity contribution < 1.29 is 9.59 Å². The Morgan fingerprint density at radius 3 is 2.51 bits per heavy atom. The van der Waals surface area contributed by atoms with Gasteiger partial charge in [-0.15, -0.1) is 0 Å². The van der Waals surface area contributed by atoms with Crippen LogP contribution in [0.1, 0.15) is 27.5 Å². The maximum atomic E-state index is 13.3. The summed E-state index contributed by atoms with van der Waals surface area (Å²) >= 11 is 0. The fourth-order valence-corrected chi connectivity index (χ4v) is 4.59. The van der Waals surface area contributed by atoms with Gasteiger partial charge < -0.3 is 5.32 Å². The molecular weight excluding hydrogens is 486 g/mol. The van der Waals surface area contributed by atoms with Crippen molar-refractivity contribution in [3.8, 4) is 11.1 Å². The summed E-state index contributed by atoms with van der Waals surface area (Å²) in [5, 5.41) is 2.92. The highest BCUT2D eigenvalue weighted by Crippen LogP contribution is 2.29. The zero-order valence-electron chi connectivity index (χ0n) is 20.9.